The first kappa shape index (κ1) is 12.5. The molecule has 0 atom stereocenters. The molecule has 1 aromatic carbocycles. The second-order valence-corrected chi connectivity index (χ2v) is 6.19. The fourth-order valence-electron chi connectivity index (χ4n) is 2.69. The van der Waals surface area contributed by atoms with Gasteiger partial charge in [-0.05, 0) is 37.8 Å². The highest BCUT2D eigenvalue weighted by atomic mass is 32.1. The molecule has 106 valence electrons. The van der Waals surface area contributed by atoms with Crippen LogP contribution < -0.4 is 10.9 Å². The highest BCUT2D eigenvalue weighted by Crippen LogP contribution is 2.27. The molecule has 6 heteroatoms. The van der Waals surface area contributed by atoms with Crippen LogP contribution in [0, 0.1) is 0 Å². The molecule has 2 heterocycles. The zero-order valence-electron chi connectivity index (χ0n) is 11.3. The van der Waals surface area contributed by atoms with E-state index in [1.54, 1.807) is 11.3 Å². The summed E-state index contributed by atoms with van der Waals surface area (Å²) in [5.41, 5.74) is 2.69. The van der Waals surface area contributed by atoms with E-state index in [1.165, 1.54) is 0 Å². The van der Waals surface area contributed by atoms with Crippen molar-refractivity contribution >= 4 is 32.6 Å². The first-order chi connectivity index (χ1) is 10.3. The predicted molar refractivity (Wildman–Crippen MR) is 84.4 cm³/mol. The van der Waals surface area contributed by atoms with Crippen LogP contribution in [-0.4, -0.2) is 15.0 Å². The molecule has 0 spiro atoms. The monoisotopic (exact) mass is 298 g/mol. The third-order valence-corrected chi connectivity index (χ3v) is 4.66. The fraction of sp³-hybridized carbons (Fsp3) is 0.267. The molecule has 1 aliphatic carbocycles. The predicted octanol–water partition coefficient (Wildman–Crippen LogP) is 3.00. The maximum absolute atomic E-state index is 12.1. The molecule has 2 N–H and O–H groups in total. The summed E-state index contributed by atoms with van der Waals surface area (Å²) in [6.07, 6.45) is 3.89. The average Bonchev–Trinajstić information content (AvgIpc) is 2.89. The van der Waals surface area contributed by atoms with E-state index >= 15 is 0 Å². The van der Waals surface area contributed by atoms with Gasteiger partial charge in [0.15, 0.2) is 5.13 Å². The molecule has 4 rings (SSSR count). The van der Waals surface area contributed by atoms with Gasteiger partial charge in [-0.2, -0.15) is 0 Å². The largest absolute Gasteiger partial charge is 0.302 e. The van der Waals surface area contributed by atoms with Crippen LogP contribution in [0.15, 0.2) is 29.1 Å². The number of nitrogens with zero attached hydrogens (tertiary/aromatic N) is 2. The van der Waals surface area contributed by atoms with Crippen molar-refractivity contribution in [3.63, 3.8) is 0 Å². The summed E-state index contributed by atoms with van der Waals surface area (Å²) in [5.74, 6) is 0.486. The van der Waals surface area contributed by atoms with Gasteiger partial charge >= 0.3 is 0 Å². The average molecular weight is 298 g/mol. The summed E-state index contributed by atoms with van der Waals surface area (Å²) < 4.78 is 1.11. The number of thiazole rings is 1. The molecule has 3 aromatic rings. The van der Waals surface area contributed by atoms with Crippen LogP contribution in [0.1, 0.15) is 24.1 Å². The molecule has 0 amide bonds. The summed E-state index contributed by atoms with van der Waals surface area (Å²) >= 11 is 1.55. The Morgan fingerprint density at radius 1 is 1.14 bits per heavy atom. The van der Waals surface area contributed by atoms with Gasteiger partial charge < -0.3 is 5.32 Å². The minimum atomic E-state index is -0.0247. The normalized spacial score (nSPS) is 14.1. The van der Waals surface area contributed by atoms with E-state index in [0.717, 1.165) is 52.3 Å². The van der Waals surface area contributed by atoms with Crippen molar-refractivity contribution in [3.05, 3.63) is 45.9 Å². The Hall–Kier alpha value is -2.21. The van der Waals surface area contributed by atoms with Gasteiger partial charge in [0, 0.05) is 5.56 Å². The van der Waals surface area contributed by atoms with Crippen molar-refractivity contribution in [2.24, 2.45) is 0 Å². The molecular weight excluding hydrogens is 284 g/mol. The summed E-state index contributed by atoms with van der Waals surface area (Å²) in [5, 5.41) is 3.87. The van der Waals surface area contributed by atoms with Gasteiger partial charge in [0.1, 0.15) is 0 Å². The number of fused-ring (bicyclic) bond motifs is 2. The molecule has 0 radical (unpaired) electrons. The van der Waals surface area contributed by atoms with E-state index in [4.69, 9.17) is 0 Å². The Bertz CT molecular complexity index is 834. The van der Waals surface area contributed by atoms with E-state index in [9.17, 15) is 4.79 Å². The number of aryl methyl sites for hydroxylation is 1. The number of aromatic amines is 1. The lowest BCUT2D eigenvalue weighted by Gasteiger charge is -2.14. The van der Waals surface area contributed by atoms with Gasteiger partial charge in [0.2, 0.25) is 5.95 Å². The van der Waals surface area contributed by atoms with Crippen molar-refractivity contribution in [1.82, 2.24) is 15.0 Å². The van der Waals surface area contributed by atoms with Crippen molar-refractivity contribution in [2.75, 3.05) is 5.32 Å². The van der Waals surface area contributed by atoms with Crippen LogP contribution >= 0.6 is 11.3 Å². The highest BCUT2D eigenvalue weighted by Gasteiger charge is 2.16. The number of nitrogens with one attached hydrogen (secondary N) is 2. The molecule has 2 aromatic heterocycles. The van der Waals surface area contributed by atoms with Gasteiger partial charge in [-0.3, -0.25) is 9.78 Å². The van der Waals surface area contributed by atoms with Crippen LogP contribution in [-0.2, 0) is 12.8 Å². The van der Waals surface area contributed by atoms with E-state index in [-0.39, 0.29) is 5.56 Å². The maximum atomic E-state index is 12.1. The molecule has 0 saturated heterocycles. The molecule has 0 saturated carbocycles. The molecule has 5 nitrogen and oxygen atoms in total. The topological polar surface area (TPSA) is 70.7 Å². The Kier molecular flexibility index (Phi) is 2.96. The number of rotatable bonds is 2. The second kappa shape index (κ2) is 4.96. The second-order valence-electron chi connectivity index (χ2n) is 5.16. The van der Waals surface area contributed by atoms with Crippen molar-refractivity contribution < 1.29 is 0 Å². The Morgan fingerprint density at radius 2 is 2.00 bits per heavy atom. The zero-order valence-corrected chi connectivity index (χ0v) is 12.2. The molecular formula is C15H14N4OS. The molecule has 0 bridgehead atoms. The van der Waals surface area contributed by atoms with Crippen LogP contribution in [0.5, 0.6) is 0 Å². The number of hydrogen-bond donors (Lipinski definition) is 2. The van der Waals surface area contributed by atoms with Crippen LogP contribution in [0.25, 0.3) is 10.2 Å². The lowest BCUT2D eigenvalue weighted by molar-refractivity contribution is 0.658. The maximum Gasteiger partial charge on any atom is 0.255 e. The van der Waals surface area contributed by atoms with E-state index in [1.807, 2.05) is 24.3 Å². The van der Waals surface area contributed by atoms with Gasteiger partial charge in [0.25, 0.3) is 5.56 Å². The van der Waals surface area contributed by atoms with Crippen LogP contribution in [0.4, 0.5) is 11.1 Å². The molecule has 1 aliphatic rings. The van der Waals surface area contributed by atoms with Crippen LogP contribution in [0.2, 0.25) is 0 Å². The Morgan fingerprint density at radius 3 is 2.90 bits per heavy atom. The minimum absolute atomic E-state index is 0.0247. The number of benzene rings is 1. The standard InChI is InChI=1S/C15H14N4OS/c20-13-9-5-1-2-6-10(9)16-14(18-13)19-15-17-11-7-3-4-8-12(11)21-15/h3-4,7-8H,1-2,5-6H2,(H2,16,17,18,19,20). The molecule has 0 unspecified atom stereocenters. The summed E-state index contributed by atoms with van der Waals surface area (Å²) in [6, 6.07) is 7.95. The first-order valence-electron chi connectivity index (χ1n) is 7.04. The number of anilines is 2. The number of hydrogen-bond acceptors (Lipinski definition) is 5. The molecule has 21 heavy (non-hydrogen) atoms. The quantitative estimate of drug-likeness (QED) is 0.763. The number of H-pyrrole nitrogens is 1. The van der Waals surface area contributed by atoms with Crippen LogP contribution in [0.3, 0.4) is 0 Å². The fourth-order valence-corrected chi connectivity index (χ4v) is 3.55. The van der Waals surface area contributed by atoms with Crippen molar-refractivity contribution in [2.45, 2.75) is 25.7 Å². The highest BCUT2D eigenvalue weighted by molar-refractivity contribution is 7.22. The zero-order chi connectivity index (χ0) is 14.2. The molecule has 0 fully saturated rings. The van der Waals surface area contributed by atoms with Gasteiger partial charge in [0.05, 0.1) is 15.9 Å². The van der Waals surface area contributed by atoms with Gasteiger partial charge in [-0.1, -0.05) is 23.5 Å². The molecule has 0 aliphatic heterocycles. The van der Waals surface area contributed by atoms with Crippen molar-refractivity contribution in [1.29, 1.82) is 0 Å². The van der Waals surface area contributed by atoms with E-state index in [0.29, 0.717) is 5.95 Å². The summed E-state index contributed by atoms with van der Waals surface area (Å²) in [6.45, 7) is 0. The SMILES string of the molecule is O=c1[nH]c(Nc2nc3ccccc3s2)nc2c1CCCC2. The third kappa shape index (κ3) is 2.31. The van der Waals surface area contributed by atoms with E-state index in [2.05, 4.69) is 20.3 Å². The van der Waals surface area contributed by atoms with Gasteiger partial charge in [-0.25, -0.2) is 9.97 Å². The lowest BCUT2D eigenvalue weighted by Crippen LogP contribution is -2.22. The Balaban J connectivity index is 1.70. The minimum Gasteiger partial charge on any atom is -0.302 e. The van der Waals surface area contributed by atoms with Gasteiger partial charge in [-0.15, -0.1) is 0 Å². The summed E-state index contributed by atoms with van der Waals surface area (Å²) in [7, 11) is 0. The Labute approximate surface area is 125 Å². The lowest BCUT2D eigenvalue weighted by atomic mass is 9.97. The van der Waals surface area contributed by atoms with E-state index < -0.39 is 0 Å². The number of para-hydroxylation sites is 1. The third-order valence-electron chi connectivity index (χ3n) is 3.71. The van der Waals surface area contributed by atoms with Crippen molar-refractivity contribution in [3.8, 4) is 0 Å². The first-order valence-corrected chi connectivity index (χ1v) is 7.86. The summed E-state index contributed by atoms with van der Waals surface area (Å²) in [4.78, 5) is 23.9. The number of aromatic nitrogens is 3. The smallest absolute Gasteiger partial charge is 0.255 e.